The zero-order chi connectivity index (χ0) is 13.7. The van der Waals surface area contributed by atoms with E-state index in [4.69, 9.17) is 4.42 Å². The largest absolute Gasteiger partial charge is 0.468 e. The van der Waals surface area contributed by atoms with Crippen LogP contribution >= 0.6 is 0 Å². The van der Waals surface area contributed by atoms with Crippen LogP contribution in [-0.2, 0) is 16.1 Å². The standard InChI is InChI=1S/C11H16N2O5/c1-7(2)10(11(14)17-3)12-6-8-4-5-9(18-8)13(15)16/h4-5,7,10,12H,6H2,1-3H3/t10-/m0/s1. The first-order valence-electron chi connectivity index (χ1n) is 5.50. The molecular weight excluding hydrogens is 240 g/mol. The number of esters is 1. The number of hydrogen-bond acceptors (Lipinski definition) is 6. The van der Waals surface area contributed by atoms with Crippen molar-refractivity contribution < 1.29 is 18.9 Å². The molecule has 0 aliphatic carbocycles. The first-order chi connectivity index (χ1) is 8.45. The first-order valence-corrected chi connectivity index (χ1v) is 5.50. The normalized spacial score (nSPS) is 12.4. The third-order valence-corrected chi connectivity index (χ3v) is 2.45. The van der Waals surface area contributed by atoms with E-state index in [9.17, 15) is 14.9 Å². The molecular formula is C11H16N2O5. The molecule has 1 heterocycles. The Morgan fingerprint density at radius 2 is 2.22 bits per heavy atom. The van der Waals surface area contributed by atoms with Gasteiger partial charge in [0.25, 0.3) is 0 Å². The van der Waals surface area contributed by atoms with Gasteiger partial charge >= 0.3 is 11.9 Å². The molecule has 0 saturated carbocycles. The van der Waals surface area contributed by atoms with E-state index in [2.05, 4.69) is 10.1 Å². The molecule has 0 aliphatic heterocycles. The highest BCUT2D eigenvalue weighted by atomic mass is 16.6. The summed E-state index contributed by atoms with van der Waals surface area (Å²) in [6.45, 7) is 3.98. The molecule has 1 rings (SSSR count). The van der Waals surface area contributed by atoms with Crippen LogP contribution < -0.4 is 5.32 Å². The second kappa shape index (κ2) is 6.15. The maximum absolute atomic E-state index is 11.5. The van der Waals surface area contributed by atoms with E-state index in [1.54, 1.807) is 0 Å². The summed E-state index contributed by atoms with van der Waals surface area (Å²) >= 11 is 0. The monoisotopic (exact) mass is 256 g/mol. The van der Waals surface area contributed by atoms with Crippen LogP contribution in [0.15, 0.2) is 16.5 Å². The van der Waals surface area contributed by atoms with E-state index in [0.29, 0.717) is 5.76 Å². The fourth-order valence-corrected chi connectivity index (χ4v) is 1.49. The van der Waals surface area contributed by atoms with Crippen molar-refractivity contribution in [3.8, 4) is 0 Å². The molecule has 0 aromatic carbocycles. The van der Waals surface area contributed by atoms with E-state index in [-0.39, 0.29) is 24.3 Å². The van der Waals surface area contributed by atoms with Crippen LogP contribution in [0.3, 0.4) is 0 Å². The Kier molecular flexibility index (Phi) is 4.85. The number of nitrogens with zero attached hydrogens (tertiary/aromatic N) is 1. The summed E-state index contributed by atoms with van der Waals surface area (Å²) in [6, 6.07) is 2.30. The predicted molar refractivity (Wildman–Crippen MR) is 62.8 cm³/mol. The van der Waals surface area contributed by atoms with Gasteiger partial charge in [0.15, 0.2) is 0 Å². The van der Waals surface area contributed by atoms with E-state index in [1.165, 1.54) is 19.2 Å². The topological polar surface area (TPSA) is 94.6 Å². The minimum atomic E-state index is -0.607. The fraction of sp³-hybridized carbons (Fsp3) is 0.545. The molecule has 0 unspecified atom stereocenters. The molecule has 0 spiro atoms. The van der Waals surface area contributed by atoms with Gasteiger partial charge in [0.2, 0.25) is 0 Å². The van der Waals surface area contributed by atoms with Gasteiger partial charge in [-0.3, -0.25) is 20.2 Å². The van der Waals surface area contributed by atoms with Gasteiger partial charge in [-0.1, -0.05) is 13.8 Å². The number of carbonyl (C=O) groups is 1. The van der Waals surface area contributed by atoms with Crippen LogP contribution in [0.5, 0.6) is 0 Å². The van der Waals surface area contributed by atoms with E-state index in [1.807, 2.05) is 13.8 Å². The van der Waals surface area contributed by atoms with Gasteiger partial charge in [-0.2, -0.15) is 0 Å². The summed E-state index contributed by atoms with van der Waals surface area (Å²) in [5.74, 6) is -0.240. The molecule has 0 radical (unpaired) electrons. The fourth-order valence-electron chi connectivity index (χ4n) is 1.49. The number of furan rings is 1. The zero-order valence-electron chi connectivity index (χ0n) is 10.5. The van der Waals surface area contributed by atoms with Crippen molar-refractivity contribution in [2.75, 3.05) is 7.11 Å². The number of nitrogens with one attached hydrogen (secondary N) is 1. The lowest BCUT2D eigenvalue weighted by Gasteiger charge is -2.18. The zero-order valence-corrected chi connectivity index (χ0v) is 10.5. The predicted octanol–water partition coefficient (Wildman–Crippen LogP) is 1.47. The smallest absolute Gasteiger partial charge is 0.433 e. The van der Waals surface area contributed by atoms with Crippen molar-refractivity contribution in [1.82, 2.24) is 5.32 Å². The van der Waals surface area contributed by atoms with E-state index in [0.717, 1.165) is 0 Å². The Hall–Kier alpha value is -1.89. The molecule has 0 bridgehead atoms. The highest BCUT2D eigenvalue weighted by Crippen LogP contribution is 2.16. The molecule has 7 heteroatoms. The van der Waals surface area contributed by atoms with E-state index >= 15 is 0 Å². The molecule has 100 valence electrons. The Morgan fingerprint density at radius 3 is 2.67 bits per heavy atom. The summed E-state index contributed by atoms with van der Waals surface area (Å²) in [5.41, 5.74) is 0. The molecule has 1 aromatic heterocycles. The molecule has 0 fully saturated rings. The third-order valence-electron chi connectivity index (χ3n) is 2.45. The number of nitro groups is 1. The van der Waals surface area contributed by atoms with Crippen molar-refractivity contribution in [2.45, 2.75) is 26.4 Å². The average Bonchev–Trinajstić information content (AvgIpc) is 2.77. The molecule has 1 N–H and O–H groups in total. The van der Waals surface area contributed by atoms with Gasteiger partial charge in [0.05, 0.1) is 19.7 Å². The van der Waals surface area contributed by atoms with Gasteiger partial charge in [-0.25, -0.2) is 0 Å². The highest BCUT2D eigenvalue weighted by molar-refractivity contribution is 5.75. The van der Waals surface area contributed by atoms with Crippen molar-refractivity contribution in [3.63, 3.8) is 0 Å². The minimum absolute atomic E-state index is 0.0439. The number of carbonyl (C=O) groups excluding carboxylic acids is 1. The number of hydrogen-bond donors (Lipinski definition) is 1. The van der Waals surface area contributed by atoms with Gasteiger partial charge in [-0.15, -0.1) is 0 Å². The van der Waals surface area contributed by atoms with Crippen molar-refractivity contribution >= 4 is 11.9 Å². The van der Waals surface area contributed by atoms with Crippen LogP contribution in [0.1, 0.15) is 19.6 Å². The minimum Gasteiger partial charge on any atom is -0.468 e. The van der Waals surface area contributed by atoms with Gasteiger partial charge < -0.3 is 9.15 Å². The third kappa shape index (κ3) is 3.56. The Bertz CT molecular complexity index is 427. The second-order valence-corrected chi connectivity index (χ2v) is 4.12. The van der Waals surface area contributed by atoms with Crippen LogP contribution in [0.25, 0.3) is 0 Å². The number of rotatable bonds is 6. The average molecular weight is 256 g/mol. The molecule has 7 nitrogen and oxygen atoms in total. The molecule has 0 saturated heterocycles. The number of ether oxygens (including phenoxy) is 1. The molecule has 0 amide bonds. The van der Waals surface area contributed by atoms with Gasteiger partial charge in [-0.05, 0) is 12.0 Å². The Morgan fingerprint density at radius 1 is 1.56 bits per heavy atom. The summed E-state index contributed by atoms with van der Waals surface area (Å²) in [4.78, 5) is 21.3. The quantitative estimate of drug-likeness (QED) is 0.470. The van der Waals surface area contributed by atoms with Gasteiger partial charge in [0.1, 0.15) is 16.7 Å². The lowest BCUT2D eigenvalue weighted by molar-refractivity contribution is -0.402. The summed E-state index contributed by atoms with van der Waals surface area (Å²) in [6.07, 6.45) is 0. The van der Waals surface area contributed by atoms with Crippen molar-refractivity contribution in [2.24, 2.45) is 5.92 Å². The lowest BCUT2D eigenvalue weighted by atomic mass is 10.0. The maximum atomic E-state index is 11.5. The molecule has 1 aromatic rings. The van der Waals surface area contributed by atoms with Gasteiger partial charge in [0, 0.05) is 0 Å². The maximum Gasteiger partial charge on any atom is 0.433 e. The van der Waals surface area contributed by atoms with Crippen LogP contribution in [0.4, 0.5) is 5.88 Å². The second-order valence-electron chi connectivity index (χ2n) is 4.12. The molecule has 0 aliphatic rings. The highest BCUT2D eigenvalue weighted by Gasteiger charge is 2.23. The van der Waals surface area contributed by atoms with Crippen LogP contribution in [0, 0.1) is 16.0 Å². The summed E-state index contributed by atoms with van der Waals surface area (Å²) < 4.78 is 9.64. The number of methoxy groups -OCH3 is 1. The summed E-state index contributed by atoms with van der Waals surface area (Å²) in [5, 5.41) is 13.4. The van der Waals surface area contributed by atoms with Crippen LogP contribution in [0.2, 0.25) is 0 Å². The molecule has 18 heavy (non-hydrogen) atoms. The summed E-state index contributed by atoms with van der Waals surface area (Å²) in [7, 11) is 1.32. The Labute approximate surface area is 104 Å². The molecule has 1 atom stereocenters. The Balaban J connectivity index is 2.61. The van der Waals surface area contributed by atoms with Crippen molar-refractivity contribution in [1.29, 1.82) is 0 Å². The SMILES string of the molecule is COC(=O)[C@@H](NCc1ccc([N+](=O)[O-])o1)C(C)C. The lowest BCUT2D eigenvalue weighted by Crippen LogP contribution is -2.41. The first kappa shape index (κ1) is 14.2. The van der Waals surface area contributed by atoms with E-state index < -0.39 is 11.0 Å². The van der Waals surface area contributed by atoms with Crippen molar-refractivity contribution in [3.05, 3.63) is 28.0 Å². The van der Waals surface area contributed by atoms with Crippen LogP contribution in [-0.4, -0.2) is 24.0 Å².